The lowest BCUT2D eigenvalue weighted by atomic mass is 10.0. The molecule has 0 aliphatic heterocycles. The maximum absolute atomic E-state index is 10.3. The first-order valence-corrected chi connectivity index (χ1v) is 6.80. The van der Waals surface area contributed by atoms with Crippen LogP contribution in [0.15, 0.2) is 47.1 Å². The van der Waals surface area contributed by atoms with E-state index in [4.69, 9.17) is 9.15 Å². The predicted octanol–water partition coefficient (Wildman–Crippen LogP) is 2.68. The van der Waals surface area contributed by atoms with E-state index in [1.54, 1.807) is 25.3 Å². The molecule has 2 rings (SSSR count). The first-order chi connectivity index (χ1) is 9.62. The van der Waals surface area contributed by atoms with E-state index >= 15 is 0 Å². The van der Waals surface area contributed by atoms with Gasteiger partial charge in [-0.25, -0.2) is 0 Å². The van der Waals surface area contributed by atoms with Crippen molar-refractivity contribution in [2.45, 2.75) is 26.0 Å². The zero-order valence-electron chi connectivity index (χ0n) is 11.9. The molecule has 0 saturated heterocycles. The molecule has 0 aliphatic rings. The van der Waals surface area contributed by atoms with Crippen LogP contribution in [0, 0.1) is 0 Å². The van der Waals surface area contributed by atoms with Gasteiger partial charge < -0.3 is 19.6 Å². The highest BCUT2D eigenvalue weighted by molar-refractivity contribution is 5.27. The number of hydrogen-bond acceptors (Lipinski definition) is 4. The number of rotatable bonds is 7. The first-order valence-electron chi connectivity index (χ1n) is 6.80. The van der Waals surface area contributed by atoms with Gasteiger partial charge in [-0.1, -0.05) is 12.1 Å². The Morgan fingerprint density at radius 3 is 2.60 bits per heavy atom. The third-order valence-corrected chi connectivity index (χ3v) is 3.08. The predicted molar refractivity (Wildman–Crippen MR) is 77.6 cm³/mol. The molecular formula is C16H21NO3. The molecule has 0 radical (unpaired) electrons. The summed E-state index contributed by atoms with van der Waals surface area (Å²) in [6, 6.07) is 11.5. The third-order valence-electron chi connectivity index (χ3n) is 3.08. The van der Waals surface area contributed by atoms with Crippen LogP contribution in [0.2, 0.25) is 0 Å². The van der Waals surface area contributed by atoms with Crippen LogP contribution >= 0.6 is 0 Å². The lowest BCUT2D eigenvalue weighted by Gasteiger charge is -2.21. The maximum atomic E-state index is 10.3. The molecule has 4 heteroatoms. The minimum atomic E-state index is -1.01. The first kappa shape index (κ1) is 14.6. The van der Waals surface area contributed by atoms with E-state index in [0.717, 1.165) is 11.3 Å². The fraction of sp³-hybridized carbons (Fsp3) is 0.375. The second kappa shape index (κ2) is 6.59. The van der Waals surface area contributed by atoms with Gasteiger partial charge in [-0.05, 0) is 43.7 Å². The minimum Gasteiger partial charge on any atom is -0.494 e. The lowest BCUT2D eigenvalue weighted by molar-refractivity contribution is 0.0340. The normalized spacial score (nSPS) is 13.9. The summed E-state index contributed by atoms with van der Waals surface area (Å²) in [6.07, 6.45) is 1.57. The summed E-state index contributed by atoms with van der Waals surface area (Å²) in [5.41, 5.74) is 0.137. The monoisotopic (exact) mass is 275 g/mol. The summed E-state index contributed by atoms with van der Waals surface area (Å²) < 4.78 is 10.6. The number of furan rings is 1. The molecule has 4 nitrogen and oxygen atoms in total. The van der Waals surface area contributed by atoms with Crippen molar-refractivity contribution >= 4 is 0 Å². The fourth-order valence-electron chi connectivity index (χ4n) is 1.99. The van der Waals surface area contributed by atoms with E-state index in [1.165, 1.54) is 0 Å². The van der Waals surface area contributed by atoms with Crippen LogP contribution in [0.5, 0.6) is 5.75 Å². The van der Waals surface area contributed by atoms with Gasteiger partial charge in [0.2, 0.25) is 0 Å². The van der Waals surface area contributed by atoms with E-state index in [2.05, 4.69) is 5.32 Å². The average Bonchev–Trinajstić information content (AvgIpc) is 2.96. The molecule has 0 bridgehead atoms. The van der Waals surface area contributed by atoms with Crippen molar-refractivity contribution in [3.8, 4) is 5.75 Å². The Balaban J connectivity index is 1.83. The van der Waals surface area contributed by atoms with Crippen LogP contribution in [0.25, 0.3) is 0 Å². The molecule has 1 atom stereocenters. The van der Waals surface area contributed by atoms with Gasteiger partial charge in [0.1, 0.15) is 17.1 Å². The Kier molecular flexibility index (Phi) is 4.82. The summed E-state index contributed by atoms with van der Waals surface area (Å²) in [5.74, 6) is 1.44. The molecular weight excluding hydrogens is 254 g/mol. The van der Waals surface area contributed by atoms with Gasteiger partial charge in [-0.3, -0.25) is 0 Å². The Morgan fingerprint density at radius 1 is 1.25 bits per heavy atom. The van der Waals surface area contributed by atoms with Gasteiger partial charge in [0.25, 0.3) is 0 Å². The summed E-state index contributed by atoms with van der Waals surface area (Å²) >= 11 is 0. The Labute approximate surface area is 119 Å². The molecule has 0 saturated carbocycles. The Morgan fingerprint density at radius 2 is 2.00 bits per heavy atom. The molecule has 0 fully saturated rings. The van der Waals surface area contributed by atoms with E-state index in [0.29, 0.717) is 25.5 Å². The van der Waals surface area contributed by atoms with Crippen LogP contribution in [-0.2, 0) is 12.1 Å². The van der Waals surface area contributed by atoms with Crippen LogP contribution in [0.3, 0.4) is 0 Å². The number of ether oxygens (including phenoxy) is 1. The van der Waals surface area contributed by atoms with Gasteiger partial charge in [-0.15, -0.1) is 0 Å². The van der Waals surface area contributed by atoms with E-state index < -0.39 is 5.60 Å². The molecule has 1 unspecified atom stereocenters. The van der Waals surface area contributed by atoms with Crippen LogP contribution in [0.1, 0.15) is 25.2 Å². The summed E-state index contributed by atoms with van der Waals surface area (Å²) in [5, 5.41) is 13.5. The molecule has 0 aliphatic carbocycles. The van der Waals surface area contributed by atoms with E-state index in [1.807, 2.05) is 31.2 Å². The zero-order valence-corrected chi connectivity index (χ0v) is 11.9. The standard InChI is InChI=1S/C16H21NO3/c1-3-19-14-8-6-13(7-9-14)11-17-12-16(2,18)15-5-4-10-20-15/h4-10,17-18H,3,11-12H2,1-2H3. The van der Waals surface area contributed by atoms with Crippen molar-refractivity contribution < 1.29 is 14.3 Å². The highest BCUT2D eigenvalue weighted by Crippen LogP contribution is 2.20. The van der Waals surface area contributed by atoms with Crippen LogP contribution < -0.4 is 10.1 Å². The zero-order chi connectivity index (χ0) is 14.4. The van der Waals surface area contributed by atoms with Gasteiger partial charge in [0.05, 0.1) is 12.9 Å². The molecule has 0 amide bonds. The lowest BCUT2D eigenvalue weighted by Crippen LogP contribution is -2.34. The number of benzene rings is 1. The van der Waals surface area contributed by atoms with Gasteiger partial charge >= 0.3 is 0 Å². The second-order valence-corrected chi connectivity index (χ2v) is 4.93. The number of hydrogen-bond donors (Lipinski definition) is 2. The van der Waals surface area contributed by atoms with Crippen LogP contribution in [-0.4, -0.2) is 18.3 Å². The van der Waals surface area contributed by atoms with Crippen molar-refractivity contribution in [1.29, 1.82) is 0 Å². The summed E-state index contributed by atoms with van der Waals surface area (Å²) in [4.78, 5) is 0. The molecule has 0 spiro atoms. The highest BCUT2D eigenvalue weighted by atomic mass is 16.5. The SMILES string of the molecule is CCOc1ccc(CNCC(C)(O)c2ccco2)cc1. The minimum absolute atomic E-state index is 0.424. The molecule has 1 aromatic carbocycles. The fourth-order valence-corrected chi connectivity index (χ4v) is 1.99. The molecule has 2 aromatic rings. The van der Waals surface area contributed by atoms with Crippen molar-refractivity contribution in [2.75, 3.05) is 13.2 Å². The van der Waals surface area contributed by atoms with Gasteiger partial charge in [-0.2, -0.15) is 0 Å². The van der Waals surface area contributed by atoms with Gasteiger partial charge in [0, 0.05) is 13.1 Å². The molecule has 108 valence electrons. The topological polar surface area (TPSA) is 54.6 Å². The summed E-state index contributed by atoms with van der Waals surface area (Å²) in [7, 11) is 0. The molecule has 1 aromatic heterocycles. The number of aliphatic hydroxyl groups is 1. The molecule has 20 heavy (non-hydrogen) atoms. The smallest absolute Gasteiger partial charge is 0.136 e. The Bertz CT molecular complexity index is 503. The van der Waals surface area contributed by atoms with Gasteiger partial charge in [0.15, 0.2) is 0 Å². The van der Waals surface area contributed by atoms with E-state index in [9.17, 15) is 5.11 Å². The van der Waals surface area contributed by atoms with Crippen molar-refractivity contribution in [1.82, 2.24) is 5.32 Å². The second-order valence-electron chi connectivity index (χ2n) is 4.93. The number of nitrogens with one attached hydrogen (secondary N) is 1. The highest BCUT2D eigenvalue weighted by Gasteiger charge is 2.25. The maximum Gasteiger partial charge on any atom is 0.136 e. The average molecular weight is 275 g/mol. The molecule has 1 heterocycles. The third kappa shape index (κ3) is 3.85. The van der Waals surface area contributed by atoms with Crippen molar-refractivity contribution in [3.05, 3.63) is 54.0 Å². The Hall–Kier alpha value is -1.78. The van der Waals surface area contributed by atoms with E-state index in [-0.39, 0.29) is 0 Å². The quantitative estimate of drug-likeness (QED) is 0.815. The van der Waals surface area contributed by atoms with Crippen molar-refractivity contribution in [3.63, 3.8) is 0 Å². The summed E-state index contributed by atoms with van der Waals surface area (Å²) in [6.45, 7) is 5.48. The molecule has 2 N–H and O–H groups in total. The van der Waals surface area contributed by atoms with Crippen LogP contribution in [0.4, 0.5) is 0 Å². The largest absolute Gasteiger partial charge is 0.494 e. The van der Waals surface area contributed by atoms with Crippen molar-refractivity contribution in [2.24, 2.45) is 0 Å².